The minimum Gasteiger partial charge on any atom is -0.508 e. The number of carboxylic acid groups (broad SMARTS) is 1. The van der Waals surface area contributed by atoms with Crippen molar-refractivity contribution in [1.29, 1.82) is 5.41 Å². The first-order valence-electron chi connectivity index (χ1n) is 44.1. The SMILES string of the molecule is CC[C@H](C)[C@H](NC(=O)[C@H](C)NC(=O)[C@H](Cc1ccccc1)NC(=O)[C@H](Cc1ccc(O)cc1)NC(=O)[C@H](CCC(N)=O)NC(=O)[C@@H](N)CCCNC(=N)N)C(=O)N[C@@H](C)C(=O)N[C@@H](Cc1c[nH]c2ccccc12)C(=O)N[C@@H](Cc1ccc(O)cc1)C(=O)N[C@@H](CCCCN)C(=O)N[C@@H](CC(C)C)C(=O)N[C@@H](C)C(=O)N[C@@H](CC(N)=O)C(=O)N[C@@H](CO)C(=O)N[C@@H](CCCCN)C(=O)O. The summed E-state index contributed by atoms with van der Waals surface area (Å²) in [6.45, 7) is 10.2. The highest BCUT2D eigenvalue weighted by atomic mass is 16.4. The Morgan fingerprint density at radius 1 is 0.398 bits per heavy atom. The number of hydrogen-bond acceptors (Lipinski definition) is 24. The number of aromatic amines is 1. The number of aromatic hydroxyl groups is 2. The molecule has 44 nitrogen and oxygen atoms in total. The van der Waals surface area contributed by atoms with Crippen LogP contribution in [0.3, 0.4) is 0 Å². The van der Waals surface area contributed by atoms with Gasteiger partial charge in [0.2, 0.25) is 94.5 Å². The molecule has 0 bridgehead atoms. The maximum absolute atomic E-state index is 15.3. The first kappa shape index (κ1) is 110. The molecule has 1 heterocycles. The number of unbranched alkanes of at least 4 members (excludes halogenated alkanes) is 2. The van der Waals surface area contributed by atoms with Gasteiger partial charge in [-0.05, 0) is 162 Å². The predicted molar refractivity (Wildman–Crippen MR) is 489 cm³/mol. The summed E-state index contributed by atoms with van der Waals surface area (Å²) in [6, 6.07) is 3.90. The van der Waals surface area contributed by atoms with E-state index in [1.54, 1.807) is 88.5 Å². The van der Waals surface area contributed by atoms with Gasteiger partial charge < -0.3 is 140 Å². The minimum absolute atomic E-state index is 0.0422. The van der Waals surface area contributed by atoms with Gasteiger partial charge in [0.1, 0.15) is 96.1 Å². The summed E-state index contributed by atoms with van der Waals surface area (Å²) >= 11 is 0. The number of phenols is 2. The van der Waals surface area contributed by atoms with Crippen molar-refractivity contribution in [3.05, 3.63) is 132 Å². The van der Waals surface area contributed by atoms with Gasteiger partial charge in [0.25, 0.3) is 0 Å². The van der Waals surface area contributed by atoms with E-state index in [-0.39, 0.29) is 114 Å². The smallest absolute Gasteiger partial charge is 0.326 e. The number of fused-ring (bicyclic) bond motifs is 1. The molecule has 33 N–H and O–H groups in total. The van der Waals surface area contributed by atoms with Crippen LogP contribution in [0.4, 0.5) is 0 Å². The lowest BCUT2D eigenvalue weighted by atomic mass is 9.97. The Labute approximate surface area is 769 Å². The molecular formula is C89H131N23O21. The lowest BCUT2D eigenvalue weighted by molar-refractivity contribution is -0.143. The first-order chi connectivity index (χ1) is 63.0. The number of para-hydroxylation sites is 1. The van der Waals surface area contributed by atoms with Gasteiger partial charge in [0.15, 0.2) is 5.96 Å². The fraction of sp³-hybridized carbons (Fsp3) is 0.506. The van der Waals surface area contributed by atoms with Crippen molar-refractivity contribution in [3.8, 4) is 11.5 Å². The standard InChI is InChI=1S/C89H131N23O21/c1-8-48(4)73(112-76(120)51(7)100-81(125)65(40-52-19-10-9-11-20-52)109-83(127)67(42-54-28-32-57(115)33-29-54)108-79(123)62(34-35-71(93)116)102-77(121)59(92)22-18-38-97-89(95)96)87(131)101-50(6)75(119)105-68(43-55-45-98-60-23-13-12-21-58(55)60)84(128)110-66(41-53-26-30-56(114)31-27-53)82(126)103-61(24-14-16-36-90)78(122)107-64(39-47(2)3)80(124)99-49(5)74(118)106-69(44-72(94)117)85(129)111-70(46-113)86(130)104-63(88(132)133)25-15-17-37-91/h9-13,19-21,23,26-33,45,47-51,59,61-70,73,98,113-115H,8,14-18,22,24-25,34-44,46,90-92H2,1-7H3,(H2,93,116)(H2,94,117)(H,99,124)(H,100,125)(H,101,131)(H,102,121)(H,103,126)(H,104,130)(H,105,119)(H,106,118)(H,107,122)(H,108,123)(H,109,127)(H,110,128)(H,111,129)(H,112,120)(H,132,133)(H4,95,96,97)/t48-,49-,50-,51-,59-,61-,62-,63-,64-,65-,66-,67-,68-,69-,70-,73-/m0/s1. The van der Waals surface area contributed by atoms with Crippen LogP contribution < -0.4 is 114 Å². The third kappa shape index (κ3) is 38.2. The molecule has 0 aliphatic rings. The molecule has 16 amide bonds. The number of nitrogens with one attached hydrogen (secondary N) is 17. The number of guanidine groups is 1. The van der Waals surface area contributed by atoms with E-state index in [1.807, 2.05) is 0 Å². The lowest BCUT2D eigenvalue weighted by Gasteiger charge is -2.29. The number of aliphatic hydroxyl groups is 1. The molecule has 1 aromatic heterocycles. The summed E-state index contributed by atoms with van der Waals surface area (Å²) in [7, 11) is 0. The van der Waals surface area contributed by atoms with E-state index in [2.05, 4.69) is 84.7 Å². The molecule has 0 fully saturated rings. The number of carbonyl (C=O) groups excluding carboxylic acids is 16. The summed E-state index contributed by atoms with van der Waals surface area (Å²) in [5, 5.41) is 86.6. The number of carbonyl (C=O) groups is 17. The zero-order chi connectivity index (χ0) is 98.7. The summed E-state index contributed by atoms with van der Waals surface area (Å²) in [4.78, 5) is 240. The molecule has 16 atom stereocenters. The molecule has 5 aromatic rings. The Hall–Kier alpha value is -13.9. The predicted octanol–water partition coefficient (Wildman–Crippen LogP) is -4.14. The second kappa shape index (κ2) is 56.0. The number of nitrogens with two attached hydrogens (primary N) is 6. The first-order valence-corrected chi connectivity index (χ1v) is 44.1. The summed E-state index contributed by atoms with van der Waals surface area (Å²) in [5.41, 5.74) is 36.3. The average Bonchev–Trinajstić information content (AvgIpc) is 1.68. The van der Waals surface area contributed by atoms with Gasteiger partial charge in [-0.3, -0.25) is 82.1 Å². The molecule has 133 heavy (non-hydrogen) atoms. The average molecular weight is 1860 g/mol. The van der Waals surface area contributed by atoms with Gasteiger partial charge in [-0.2, -0.15) is 0 Å². The zero-order valence-corrected chi connectivity index (χ0v) is 75.7. The maximum atomic E-state index is 15.3. The maximum Gasteiger partial charge on any atom is 0.326 e. The van der Waals surface area contributed by atoms with Crippen LogP contribution in [0, 0.1) is 17.2 Å². The Morgan fingerprint density at radius 3 is 1.27 bits per heavy atom. The van der Waals surface area contributed by atoms with Crippen molar-refractivity contribution in [2.75, 3.05) is 26.2 Å². The van der Waals surface area contributed by atoms with Crippen LogP contribution in [0.2, 0.25) is 0 Å². The van der Waals surface area contributed by atoms with Crippen LogP contribution in [0.5, 0.6) is 11.5 Å². The topological polar surface area (TPSA) is 747 Å². The Morgan fingerprint density at radius 2 is 0.789 bits per heavy atom. The van der Waals surface area contributed by atoms with Crippen molar-refractivity contribution >= 4 is 117 Å². The third-order valence-electron chi connectivity index (χ3n) is 21.7. The van der Waals surface area contributed by atoms with Crippen molar-refractivity contribution in [1.82, 2.24) is 84.7 Å². The number of phenolic OH excluding ortho intramolecular Hbond substituents is 2. The normalized spacial score (nSPS) is 14.8. The fourth-order valence-corrected chi connectivity index (χ4v) is 13.9. The van der Waals surface area contributed by atoms with E-state index in [1.165, 1.54) is 69.3 Å². The van der Waals surface area contributed by atoms with E-state index >= 15 is 9.59 Å². The minimum atomic E-state index is -1.82. The number of benzene rings is 4. The van der Waals surface area contributed by atoms with Crippen LogP contribution >= 0.6 is 0 Å². The number of primary amides is 2. The Balaban J connectivity index is 1.38. The third-order valence-corrected chi connectivity index (χ3v) is 21.7. The molecule has 0 aliphatic carbocycles. The van der Waals surface area contributed by atoms with E-state index in [0.29, 0.717) is 58.8 Å². The number of amides is 16. The molecule has 0 saturated heterocycles. The number of aliphatic carboxylic acids is 1. The highest BCUT2D eigenvalue weighted by molar-refractivity contribution is 6.02. The van der Waals surface area contributed by atoms with Crippen molar-refractivity contribution in [3.63, 3.8) is 0 Å². The molecule has 0 radical (unpaired) electrons. The van der Waals surface area contributed by atoms with Crippen molar-refractivity contribution < 1.29 is 102 Å². The van der Waals surface area contributed by atoms with E-state index in [9.17, 15) is 92.3 Å². The summed E-state index contributed by atoms with van der Waals surface area (Å²) in [5.74, 6) is -18.4. The van der Waals surface area contributed by atoms with Crippen LogP contribution in [-0.4, -0.2) is 249 Å². The number of rotatable bonds is 59. The van der Waals surface area contributed by atoms with Crippen LogP contribution in [-0.2, 0) is 107 Å². The van der Waals surface area contributed by atoms with Crippen molar-refractivity contribution in [2.45, 2.75) is 248 Å². The molecule has 44 heteroatoms. The largest absolute Gasteiger partial charge is 0.508 e. The second-order valence-electron chi connectivity index (χ2n) is 33.2. The van der Waals surface area contributed by atoms with Gasteiger partial charge in [0.05, 0.1) is 19.1 Å². The molecular weight excluding hydrogens is 1730 g/mol. The quantitative estimate of drug-likeness (QED) is 0.00998. The number of H-pyrrole nitrogens is 1. The highest BCUT2D eigenvalue weighted by Crippen LogP contribution is 2.22. The molecule has 0 spiro atoms. The molecule has 0 aliphatic heterocycles. The van der Waals surface area contributed by atoms with E-state index in [0.717, 1.165) is 0 Å². The van der Waals surface area contributed by atoms with Crippen LogP contribution in [0.1, 0.15) is 154 Å². The number of hydrogen-bond donors (Lipinski definition) is 27. The van der Waals surface area contributed by atoms with Gasteiger partial charge in [-0.15, -0.1) is 0 Å². The lowest BCUT2D eigenvalue weighted by Crippen LogP contribution is -2.61. The number of aromatic nitrogens is 1. The fourth-order valence-electron chi connectivity index (χ4n) is 13.9. The molecule has 5 rings (SSSR count). The van der Waals surface area contributed by atoms with Gasteiger partial charge in [-0.1, -0.05) is 107 Å². The van der Waals surface area contributed by atoms with E-state index < -0.39 is 216 Å². The summed E-state index contributed by atoms with van der Waals surface area (Å²) in [6.07, 6.45) is 0.708. The van der Waals surface area contributed by atoms with E-state index in [4.69, 9.17) is 39.8 Å². The van der Waals surface area contributed by atoms with Crippen LogP contribution in [0.15, 0.2) is 109 Å². The molecule has 4 aromatic carbocycles. The van der Waals surface area contributed by atoms with Crippen molar-refractivity contribution in [2.24, 2.45) is 46.2 Å². The molecule has 728 valence electrons. The zero-order valence-electron chi connectivity index (χ0n) is 75.7. The Bertz CT molecular complexity index is 4770. The number of carboxylic acids is 1. The highest BCUT2D eigenvalue weighted by Gasteiger charge is 2.39. The van der Waals surface area contributed by atoms with Gasteiger partial charge in [0, 0.05) is 55.7 Å². The summed E-state index contributed by atoms with van der Waals surface area (Å²) < 4.78 is 0. The second-order valence-corrected chi connectivity index (χ2v) is 33.2. The monoisotopic (exact) mass is 1860 g/mol. The van der Waals surface area contributed by atoms with Gasteiger partial charge in [-0.25, -0.2) is 4.79 Å². The molecule has 0 saturated carbocycles. The van der Waals surface area contributed by atoms with Crippen LogP contribution in [0.25, 0.3) is 10.9 Å². The van der Waals surface area contributed by atoms with Gasteiger partial charge >= 0.3 is 5.97 Å². The number of aliphatic hydroxyl groups excluding tert-OH is 1. The molecule has 0 unspecified atom stereocenters. The Kier molecular flexibility index (Phi) is 46.2.